The van der Waals surface area contributed by atoms with Crippen molar-refractivity contribution in [1.29, 1.82) is 0 Å². The van der Waals surface area contributed by atoms with E-state index in [0.717, 1.165) is 4.90 Å². The van der Waals surface area contributed by atoms with Gasteiger partial charge in [-0.05, 0) is 19.1 Å². The van der Waals surface area contributed by atoms with E-state index in [4.69, 9.17) is 9.47 Å². The van der Waals surface area contributed by atoms with Crippen molar-refractivity contribution in [3.05, 3.63) is 29.8 Å². The van der Waals surface area contributed by atoms with Crippen LogP contribution in [0.25, 0.3) is 0 Å². The first-order valence-corrected chi connectivity index (χ1v) is 5.27. The number of hydrogen-bond donors (Lipinski definition) is 0. The van der Waals surface area contributed by atoms with E-state index in [-0.39, 0.29) is 5.97 Å². The molecule has 1 aliphatic heterocycles. The number of esters is 1. The van der Waals surface area contributed by atoms with Gasteiger partial charge in [-0.25, -0.2) is 4.79 Å². The highest BCUT2D eigenvalue weighted by atomic mass is 32.2. The lowest BCUT2D eigenvalue weighted by atomic mass is 10.2. The van der Waals surface area contributed by atoms with Crippen molar-refractivity contribution in [2.24, 2.45) is 0 Å². The molecule has 14 heavy (non-hydrogen) atoms. The van der Waals surface area contributed by atoms with E-state index in [1.54, 1.807) is 6.07 Å². The third kappa shape index (κ3) is 1.76. The highest BCUT2D eigenvalue weighted by molar-refractivity contribution is 7.99. The van der Waals surface area contributed by atoms with Gasteiger partial charge in [-0.1, -0.05) is 23.9 Å². The Kier molecular flexibility index (Phi) is 2.74. The Labute approximate surface area is 86.4 Å². The summed E-state index contributed by atoms with van der Waals surface area (Å²) in [5.74, 6) is -0.308. The van der Waals surface area contributed by atoms with E-state index in [2.05, 4.69) is 0 Å². The van der Waals surface area contributed by atoms with Gasteiger partial charge in [0.1, 0.15) is 0 Å². The summed E-state index contributed by atoms with van der Waals surface area (Å²) in [7, 11) is 0. The van der Waals surface area contributed by atoms with Gasteiger partial charge in [-0.15, -0.1) is 0 Å². The summed E-state index contributed by atoms with van der Waals surface area (Å²) in [6, 6.07) is 7.37. The van der Waals surface area contributed by atoms with E-state index in [0.29, 0.717) is 12.2 Å². The molecule has 0 radical (unpaired) electrons. The maximum Gasteiger partial charge on any atom is 0.342 e. The molecule has 1 heterocycles. The Morgan fingerprint density at radius 2 is 2.29 bits per heavy atom. The lowest BCUT2D eigenvalue weighted by Gasteiger charge is -2.22. The van der Waals surface area contributed by atoms with Gasteiger partial charge < -0.3 is 9.47 Å². The van der Waals surface area contributed by atoms with Crippen LogP contribution in [0.1, 0.15) is 17.3 Å². The molecular weight excluding hydrogens is 200 g/mol. The van der Waals surface area contributed by atoms with Gasteiger partial charge in [0.25, 0.3) is 5.62 Å². The molecule has 1 atom stereocenters. The van der Waals surface area contributed by atoms with Gasteiger partial charge in [0.15, 0.2) is 0 Å². The van der Waals surface area contributed by atoms with Gasteiger partial charge >= 0.3 is 5.97 Å². The molecule has 1 aromatic rings. The van der Waals surface area contributed by atoms with Crippen LogP contribution in [-0.4, -0.2) is 18.2 Å². The Bertz CT molecular complexity index is 351. The summed E-state index contributed by atoms with van der Waals surface area (Å²) in [6.07, 6.45) is 0. The van der Waals surface area contributed by atoms with Crippen LogP contribution in [-0.2, 0) is 9.47 Å². The van der Waals surface area contributed by atoms with Gasteiger partial charge in [-0.3, -0.25) is 0 Å². The minimum absolute atomic E-state index is 0.308. The molecule has 0 aromatic heterocycles. The van der Waals surface area contributed by atoms with Crippen molar-refractivity contribution in [2.45, 2.75) is 17.4 Å². The Hall–Kier alpha value is -1.00. The molecule has 1 unspecified atom stereocenters. The highest BCUT2D eigenvalue weighted by Crippen LogP contribution is 2.33. The summed E-state index contributed by atoms with van der Waals surface area (Å²) in [5, 5.41) is 0. The second kappa shape index (κ2) is 4.02. The third-order valence-electron chi connectivity index (χ3n) is 1.84. The maximum atomic E-state index is 11.5. The van der Waals surface area contributed by atoms with Crippen LogP contribution in [0.2, 0.25) is 0 Å². The average molecular weight is 210 g/mol. The molecule has 0 fully saturated rings. The fourth-order valence-corrected chi connectivity index (χ4v) is 2.20. The van der Waals surface area contributed by atoms with Crippen LogP contribution in [0.5, 0.6) is 0 Å². The fraction of sp³-hybridized carbons (Fsp3) is 0.300. The summed E-state index contributed by atoms with van der Waals surface area (Å²) < 4.78 is 10.3. The van der Waals surface area contributed by atoms with Crippen molar-refractivity contribution >= 4 is 17.7 Å². The first-order valence-electron chi connectivity index (χ1n) is 4.39. The monoisotopic (exact) mass is 210 g/mol. The van der Waals surface area contributed by atoms with Gasteiger partial charge in [0.05, 0.1) is 5.56 Å². The molecule has 0 bridgehead atoms. The zero-order chi connectivity index (χ0) is 9.97. The molecule has 0 N–H and O–H groups in total. The predicted molar refractivity (Wildman–Crippen MR) is 53.1 cm³/mol. The first kappa shape index (κ1) is 9.55. The van der Waals surface area contributed by atoms with Crippen molar-refractivity contribution in [1.82, 2.24) is 0 Å². The second-order valence-electron chi connectivity index (χ2n) is 2.76. The maximum absolute atomic E-state index is 11.5. The molecule has 2 rings (SSSR count). The van der Waals surface area contributed by atoms with Crippen LogP contribution >= 0.6 is 11.8 Å². The minimum Gasteiger partial charge on any atom is -0.422 e. The topological polar surface area (TPSA) is 35.5 Å². The van der Waals surface area contributed by atoms with Crippen LogP contribution < -0.4 is 0 Å². The molecular formula is C10H10O3S. The zero-order valence-electron chi connectivity index (χ0n) is 7.73. The fourth-order valence-electron chi connectivity index (χ4n) is 1.22. The molecule has 74 valence electrons. The molecule has 4 heteroatoms. The number of cyclic esters (lactones) is 1. The zero-order valence-corrected chi connectivity index (χ0v) is 8.54. The summed E-state index contributed by atoms with van der Waals surface area (Å²) >= 11 is 1.42. The minimum atomic E-state index is -0.498. The number of fused-ring (bicyclic) bond motifs is 1. The van der Waals surface area contributed by atoms with E-state index in [9.17, 15) is 4.79 Å². The quantitative estimate of drug-likeness (QED) is 0.701. The number of thioether (sulfide) groups is 1. The predicted octanol–water partition coefficient (Wildman–Crippen LogP) is 2.27. The molecule has 3 nitrogen and oxygen atoms in total. The van der Waals surface area contributed by atoms with Crippen molar-refractivity contribution in [3.63, 3.8) is 0 Å². The number of carbonyl (C=O) groups is 1. The van der Waals surface area contributed by atoms with Crippen molar-refractivity contribution in [3.8, 4) is 0 Å². The number of ether oxygens (including phenoxy) is 2. The highest BCUT2D eigenvalue weighted by Gasteiger charge is 2.26. The molecule has 0 saturated heterocycles. The van der Waals surface area contributed by atoms with E-state index in [1.165, 1.54) is 11.8 Å². The smallest absolute Gasteiger partial charge is 0.342 e. The number of hydrogen-bond acceptors (Lipinski definition) is 4. The lowest BCUT2D eigenvalue weighted by molar-refractivity contribution is -0.0529. The summed E-state index contributed by atoms with van der Waals surface area (Å²) in [5.41, 5.74) is 0.121. The molecule has 0 spiro atoms. The standard InChI is InChI=1S/C10H10O3S/c1-2-12-10-13-9(11)7-5-3-4-6-8(7)14-10/h3-6,10H,2H2,1H3. The molecule has 0 amide bonds. The van der Waals surface area contributed by atoms with Crippen molar-refractivity contribution in [2.75, 3.05) is 6.61 Å². The van der Waals surface area contributed by atoms with Crippen LogP contribution in [0.3, 0.4) is 0 Å². The van der Waals surface area contributed by atoms with E-state index < -0.39 is 5.62 Å². The number of rotatable bonds is 2. The SMILES string of the molecule is CCOC1OC(=O)c2ccccc2S1. The largest absolute Gasteiger partial charge is 0.422 e. The molecule has 0 saturated carbocycles. The van der Waals surface area contributed by atoms with Gasteiger partial charge in [-0.2, -0.15) is 0 Å². The van der Waals surface area contributed by atoms with Crippen LogP contribution in [0.4, 0.5) is 0 Å². The summed E-state index contributed by atoms with van der Waals surface area (Å²) in [6.45, 7) is 2.40. The Morgan fingerprint density at radius 1 is 1.50 bits per heavy atom. The Balaban J connectivity index is 2.24. The van der Waals surface area contributed by atoms with Crippen LogP contribution in [0.15, 0.2) is 29.2 Å². The average Bonchev–Trinajstić information content (AvgIpc) is 2.18. The second-order valence-corrected chi connectivity index (χ2v) is 3.82. The van der Waals surface area contributed by atoms with Gasteiger partial charge in [0, 0.05) is 11.5 Å². The van der Waals surface area contributed by atoms with E-state index in [1.807, 2.05) is 25.1 Å². The first-order chi connectivity index (χ1) is 6.81. The summed E-state index contributed by atoms with van der Waals surface area (Å²) in [4.78, 5) is 12.4. The normalized spacial score (nSPS) is 20.1. The molecule has 0 aliphatic carbocycles. The van der Waals surface area contributed by atoms with Crippen molar-refractivity contribution < 1.29 is 14.3 Å². The molecule has 1 aromatic carbocycles. The van der Waals surface area contributed by atoms with E-state index >= 15 is 0 Å². The number of benzene rings is 1. The molecule has 1 aliphatic rings. The van der Waals surface area contributed by atoms with Crippen LogP contribution in [0, 0.1) is 0 Å². The third-order valence-corrected chi connectivity index (χ3v) is 2.87. The van der Waals surface area contributed by atoms with Gasteiger partial charge in [0.2, 0.25) is 0 Å². The Morgan fingerprint density at radius 3 is 3.07 bits per heavy atom. The number of carbonyl (C=O) groups excluding carboxylic acids is 1. The lowest BCUT2D eigenvalue weighted by Crippen LogP contribution is -2.23.